The Morgan fingerprint density at radius 3 is 2.62 bits per heavy atom. The van der Waals surface area contributed by atoms with Gasteiger partial charge in [-0.2, -0.15) is 0 Å². The topological polar surface area (TPSA) is 105 Å². The highest BCUT2D eigenvalue weighted by molar-refractivity contribution is 9.09. The number of rotatable bonds is 7. The average Bonchev–Trinajstić information content (AvgIpc) is 3.33. The van der Waals surface area contributed by atoms with Crippen LogP contribution in [0.5, 0.6) is 0 Å². The van der Waals surface area contributed by atoms with Crippen molar-refractivity contribution in [3.05, 3.63) is 35.9 Å². The molecule has 3 aliphatic rings. The van der Waals surface area contributed by atoms with Crippen molar-refractivity contribution in [1.82, 2.24) is 10.2 Å². The molecule has 3 heterocycles. The molecule has 9 heteroatoms. The quantitative estimate of drug-likeness (QED) is 0.427. The van der Waals surface area contributed by atoms with Crippen LogP contribution in [0.25, 0.3) is 0 Å². The van der Waals surface area contributed by atoms with E-state index in [9.17, 15) is 19.5 Å². The van der Waals surface area contributed by atoms with Crippen LogP contribution in [0.15, 0.2) is 30.3 Å². The summed E-state index contributed by atoms with van der Waals surface area (Å²) in [5.74, 6) is -2.87. The maximum absolute atomic E-state index is 13.9. The minimum absolute atomic E-state index is 0.154. The Morgan fingerprint density at radius 2 is 2.03 bits per heavy atom. The van der Waals surface area contributed by atoms with Crippen molar-refractivity contribution in [2.75, 3.05) is 13.2 Å². The lowest BCUT2D eigenvalue weighted by Crippen LogP contribution is -2.57. The Morgan fingerprint density at radius 1 is 1.34 bits per heavy atom. The number of fused-ring (bicyclic) bond motifs is 1. The van der Waals surface area contributed by atoms with Crippen molar-refractivity contribution in [1.29, 1.82) is 0 Å². The molecular weight excluding hydrogens is 480 g/mol. The first kappa shape index (κ1) is 23.2. The standard InChI is InChI=1S/C23H29BrN2O6/c1-4-31-22(30)16-17-21(29)26(15(11-27)13-8-6-5-7-9-13)19(20(28)25-12(2)3)23(17)10-14(24)18(16)32-23/h5-9,12,14-19,27H,4,10-11H2,1-3H3,(H,25,28)/t14?,15-,16+,17+,18+,19?,23?/m1/s1. The van der Waals surface area contributed by atoms with Crippen molar-refractivity contribution < 1.29 is 29.0 Å². The SMILES string of the molecule is CCOC(=O)[C@H]1[C@H]2C(=O)N([C@H](CO)c3ccccc3)C(C(=O)NC(C)C)C23CC(Br)[C@@H]1O3. The summed E-state index contributed by atoms with van der Waals surface area (Å²) in [4.78, 5) is 41.5. The first-order valence-electron chi connectivity index (χ1n) is 11.0. The first-order valence-corrected chi connectivity index (χ1v) is 11.9. The van der Waals surface area contributed by atoms with Gasteiger partial charge < -0.3 is 24.8 Å². The second kappa shape index (κ2) is 8.76. The Labute approximate surface area is 195 Å². The summed E-state index contributed by atoms with van der Waals surface area (Å²) in [6.07, 6.45) is -0.146. The zero-order valence-electron chi connectivity index (χ0n) is 18.4. The van der Waals surface area contributed by atoms with Crippen molar-refractivity contribution in [3.8, 4) is 0 Å². The van der Waals surface area contributed by atoms with Crippen LogP contribution in [-0.4, -0.2) is 69.6 Å². The molecule has 174 valence electrons. The highest BCUT2D eigenvalue weighted by Crippen LogP contribution is 2.61. The largest absolute Gasteiger partial charge is 0.466 e. The number of aliphatic hydroxyl groups excluding tert-OH is 1. The van der Waals surface area contributed by atoms with Gasteiger partial charge in [0.1, 0.15) is 11.6 Å². The van der Waals surface area contributed by atoms with Crippen molar-refractivity contribution in [3.63, 3.8) is 0 Å². The maximum atomic E-state index is 13.9. The van der Waals surface area contributed by atoms with Crippen LogP contribution in [0.1, 0.15) is 38.8 Å². The molecule has 2 bridgehead atoms. The predicted molar refractivity (Wildman–Crippen MR) is 119 cm³/mol. The highest BCUT2D eigenvalue weighted by Gasteiger charge is 2.77. The smallest absolute Gasteiger partial charge is 0.312 e. The monoisotopic (exact) mass is 508 g/mol. The molecular formula is C23H29BrN2O6. The number of nitrogens with zero attached hydrogens (tertiary/aromatic N) is 1. The lowest BCUT2D eigenvalue weighted by atomic mass is 9.70. The number of carbonyl (C=O) groups is 3. The Hall–Kier alpha value is -1.97. The van der Waals surface area contributed by atoms with E-state index >= 15 is 0 Å². The molecule has 4 rings (SSSR count). The zero-order chi connectivity index (χ0) is 23.2. The van der Waals surface area contributed by atoms with Crippen LogP contribution < -0.4 is 5.32 Å². The molecule has 0 radical (unpaired) electrons. The van der Waals surface area contributed by atoms with Gasteiger partial charge in [-0.15, -0.1) is 0 Å². The van der Waals surface area contributed by atoms with Crippen LogP contribution in [0, 0.1) is 11.8 Å². The number of ether oxygens (including phenoxy) is 2. The van der Waals surface area contributed by atoms with Gasteiger partial charge in [0, 0.05) is 10.9 Å². The van der Waals surface area contributed by atoms with Gasteiger partial charge in [0.05, 0.1) is 37.2 Å². The van der Waals surface area contributed by atoms with E-state index in [0.717, 1.165) is 0 Å². The third-order valence-corrected chi connectivity index (χ3v) is 7.50. The molecule has 3 fully saturated rings. The molecule has 7 atom stereocenters. The van der Waals surface area contributed by atoms with E-state index in [1.807, 2.05) is 44.2 Å². The summed E-state index contributed by atoms with van der Waals surface area (Å²) < 4.78 is 11.7. The number of nitrogens with one attached hydrogen (secondary N) is 1. The van der Waals surface area contributed by atoms with Gasteiger partial charge in [-0.3, -0.25) is 14.4 Å². The van der Waals surface area contributed by atoms with E-state index in [1.165, 1.54) is 4.90 Å². The van der Waals surface area contributed by atoms with Gasteiger partial charge in [0.15, 0.2) is 0 Å². The molecule has 0 saturated carbocycles. The summed E-state index contributed by atoms with van der Waals surface area (Å²) >= 11 is 3.61. The number of hydrogen-bond acceptors (Lipinski definition) is 6. The van der Waals surface area contributed by atoms with Crippen LogP contribution in [0.2, 0.25) is 0 Å². The summed E-state index contributed by atoms with van der Waals surface area (Å²) in [7, 11) is 0. The van der Waals surface area contributed by atoms with Gasteiger partial charge in [-0.1, -0.05) is 46.3 Å². The maximum Gasteiger partial charge on any atom is 0.312 e. The van der Waals surface area contributed by atoms with Crippen molar-refractivity contribution >= 4 is 33.7 Å². The van der Waals surface area contributed by atoms with Crippen LogP contribution in [0.3, 0.4) is 0 Å². The minimum atomic E-state index is -1.17. The van der Waals surface area contributed by atoms with E-state index in [2.05, 4.69) is 21.2 Å². The Balaban J connectivity index is 1.83. The third-order valence-electron chi connectivity index (χ3n) is 6.66. The van der Waals surface area contributed by atoms with Gasteiger partial charge in [-0.25, -0.2) is 0 Å². The van der Waals surface area contributed by atoms with Crippen molar-refractivity contribution in [2.24, 2.45) is 11.8 Å². The molecule has 1 aromatic rings. The third kappa shape index (κ3) is 3.45. The fourth-order valence-electron chi connectivity index (χ4n) is 5.60. The Bertz CT molecular complexity index is 896. The fraction of sp³-hybridized carbons (Fsp3) is 0.609. The number of esters is 1. The molecule has 0 aliphatic carbocycles. The average molecular weight is 509 g/mol. The van der Waals surface area contributed by atoms with E-state index < -0.39 is 41.6 Å². The molecule has 1 spiro atoms. The summed E-state index contributed by atoms with van der Waals surface area (Å²) in [6, 6.07) is 7.22. The van der Waals surface area contributed by atoms with E-state index in [-0.39, 0.29) is 35.9 Å². The molecule has 3 saturated heterocycles. The summed E-state index contributed by atoms with van der Waals surface area (Å²) in [5.41, 5.74) is -0.464. The number of alkyl halides is 1. The lowest BCUT2D eigenvalue weighted by molar-refractivity contribution is -0.155. The lowest BCUT2D eigenvalue weighted by Gasteiger charge is -2.37. The normalized spacial score (nSPS) is 34.0. The van der Waals surface area contributed by atoms with Crippen LogP contribution in [0.4, 0.5) is 0 Å². The van der Waals surface area contributed by atoms with Crippen molar-refractivity contribution in [2.45, 2.75) is 61.8 Å². The van der Waals surface area contributed by atoms with E-state index in [0.29, 0.717) is 12.0 Å². The molecule has 32 heavy (non-hydrogen) atoms. The van der Waals surface area contributed by atoms with Crippen LogP contribution in [-0.2, 0) is 23.9 Å². The highest BCUT2D eigenvalue weighted by atomic mass is 79.9. The van der Waals surface area contributed by atoms with E-state index in [1.54, 1.807) is 6.92 Å². The number of carbonyl (C=O) groups excluding carboxylic acids is 3. The van der Waals surface area contributed by atoms with Gasteiger partial charge in [0.2, 0.25) is 11.8 Å². The summed E-state index contributed by atoms with van der Waals surface area (Å²) in [5, 5.41) is 13.2. The first-order chi connectivity index (χ1) is 15.3. The molecule has 2 amide bonds. The number of halogens is 1. The van der Waals surface area contributed by atoms with Gasteiger partial charge >= 0.3 is 5.97 Å². The second-order valence-corrected chi connectivity index (χ2v) is 10.1. The Kier molecular flexibility index (Phi) is 6.35. The summed E-state index contributed by atoms with van der Waals surface area (Å²) in [6.45, 7) is 5.22. The number of likely N-dealkylation sites (tertiary alicyclic amines) is 1. The predicted octanol–water partition coefficient (Wildman–Crippen LogP) is 1.56. The second-order valence-electron chi connectivity index (χ2n) is 8.93. The van der Waals surface area contributed by atoms with Crippen LogP contribution >= 0.6 is 15.9 Å². The number of amides is 2. The minimum Gasteiger partial charge on any atom is -0.466 e. The van der Waals surface area contributed by atoms with E-state index in [4.69, 9.17) is 9.47 Å². The zero-order valence-corrected chi connectivity index (χ0v) is 19.9. The molecule has 3 aliphatic heterocycles. The van der Waals surface area contributed by atoms with Gasteiger partial charge in [0.25, 0.3) is 0 Å². The number of benzene rings is 1. The fourth-order valence-corrected chi connectivity index (χ4v) is 6.55. The molecule has 3 unspecified atom stereocenters. The molecule has 0 aromatic heterocycles. The number of hydrogen-bond donors (Lipinski definition) is 2. The molecule has 2 N–H and O–H groups in total. The van der Waals surface area contributed by atoms with Gasteiger partial charge in [-0.05, 0) is 32.8 Å². The number of aliphatic hydroxyl groups is 1. The molecule has 1 aromatic carbocycles. The molecule has 8 nitrogen and oxygen atoms in total.